The minimum Gasteiger partial charge on any atom is -0.377 e. The number of nitrogens with one attached hydrogen (secondary N) is 1. The Bertz CT molecular complexity index is 934. The van der Waals surface area contributed by atoms with E-state index in [1.807, 2.05) is 6.07 Å². The van der Waals surface area contributed by atoms with Gasteiger partial charge in [-0.25, -0.2) is 18.2 Å². The lowest BCUT2D eigenvalue weighted by Gasteiger charge is -2.09. The van der Waals surface area contributed by atoms with Crippen LogP contribution in [0.15, 0.2) is 36.5 Å². The van der Waals surface area contributed by atoms with Gasteiger partial charge in [0.2, 0.25) is 0 Å². The number of nitrogens with zero attached hydrogens (tertiary/aromatic N) is 3. The van der Waals surface area contributed by atoms with Crippen LogP contribution in [0.4, 0.5) is 18.9 Å². The highest BCUT2D eigenvalue weighted by Gasteiger charge is 2.18. The van der Waals surface area contributed by atoms with Crippen LogP contribution in [-0.2, 0) is 6.54 Å². The van der Waals surface area contributed by atoms with E-state index in [1.165, 1.54) is 12.3 Å². The minimum atomic E-state index is -1.51. The van der Waals surface area contributed by atoms with Gasteiger partial charge < -0.3 is 5.32 Å². The van der Waals surface area contributed by atoms with E-state index in [-0.39, 0.29) is 12.2 Å². The summed E-state index contributed by atoms with van der Waals surface area (Å²) in [7, 11) is 0. The molecule has 0 atom stereocenters. The molecular weight excluding hydrogens is 305 g/mol. The number of benzene rings is 2. The molecule has 4 nitrogen and oxygen atoms in total. The monoisotopic (exact) mass is 314 g/mol. The molecule has 0 spiro atoms. The van der Waals surface area contributed by atoms with Crippen LogP contribution in [0.3, 0.4) is 0 Å². The predicted molar refractivity (Wildman–Crippen MR) is 77.9 cm³/mol. The summed E-state index contributed by atoms with van der Waals surface area (Å²) in [5.74, 6) is -3.95. The maximum Gasteiger partial charge on any atom is 0.183 e. The van der Waals surface area contributed by atoms with E-state index in [2.05, 4.69) is 15.3 Å². The highest BCUT2D eigenvalue weighted by Crippen LogP contribution is 2.23. The van der Waals surface area contributed by atoms with Crippen molar-refractivity contribution in [1.29, 1.82) is 5.26 Å². The Hall–Kier alpha value is -3.14. The number of hydrogen-bond donors (Lipinski definition) is 1. The summed E-state index contributed by atoms with van der Waals surface area (Å²) >= 11 is 0. The third-order valence-corrected chi connectivity index (χ3v) is 3.23. The van der Waals surface area contributed by atoms with E-state index in [0.717, 1.165) is 6.07 Å². The fourth-order valence-electron chi connectivity index (χ4n) is 2.09. The Kier molecular flexibility index (Phi) is 3.81. The number of aromatic nitrogens is 2. The van der Waals surface area contributed by atoms with Crippen molar-refractivity contribution in [1.82, 2.24) is 9.97 Å². The van der Waals surface area contributed by atoms with Crippen molar-refractivity contribution in [2.75, 3.05) is 5.32 Å². The van der Waals surface area contributed by atoms with Gasteiger partial charge in [0.1, 0.15) is 17.4 Å². The van der Waals surface area contributed by atoms with E-state index in [1.54, 1.807) is 18.2 Å². The molecule has 0 aliphatic carbocycles. The average molecular weight is 314 g/mol. The van der Waals surface area contributed by atoms with Crippen molar-refractivity contribution in [3.8, 4) is 6.07 Å². The van der Waals surface area contributed by atoms with Crippen LogP contribution in [0.1, 0.15) is 11.3 Å². The van der Waals surface area contributed by atoms with Crippen LogP contribution < -0.4 is 5.32 Å². The maximum atomic E-state index is 13.8. The van der Waals surface area contributed by atoms with Crippen molar-refractivity contribution in [2.45, 2.75) is 6.54 Å². The molecule has 23 heavy (non-hydrogen) atoms. The first-order valence-electron chi connectivity index (χ1n) is 6.62. The van der Waals surface area contributed by atoms with Crippen LogP contribution in [0.5, 0.6) is 0 Å². The van der Waals surface area contributed by atoms with Gasteiger partial charge in [-0.1, -0.05) is 12.1 Å². The lowest BCUT2D eigenvalue weighted by Crippen LogP contribution is -2.07. The van der Waals surface area contributed by atoms with E-state index in [9.17, 15) is 13.2 Å². The molecule has 3 rings (SSSR count). The largest absolute Gasteiger partial charge is 0.377 e. The molecule has 1 aromatic heterocycles. The number of rotatable bonds is 3. The zero-order valence-corrected chi connectivity index (χ0v) is 11.6. The molecule has 0 fully saturated rings. The van der Waals surface area contributed by atoms with Crippen molar-refractivity contribution in [2.24, 2.45) is 0 Å². The normalized spacial score (nSPS) is 10.5. The van der Waals surface area contributed by atoms with Gasteiger partial charge in [-0.15, -0.1) is 0 Å². The molecule has 0 amide bonds. The molecule has 0 saturated carbocycles. The fraction of sp³-hybridized carbons (Fsp3) is 0.0625. The molecule has 3 aromatic rings. The van der Waals surface area contributed by atoms with Crippen molar-refractivity contribution in [3.63, 3.8) is 0 Å². The van der Waals surface area contributed by atoms with Crippen LogP contribution in [0.25, 0.3) is 11.0 Å². The summed E-state index contributed by atoms with van der Waals surface area (Å²) in [6.07, 6.45) is 1.49. The smallest absolute Gasteiger partial charge is 0.183 e. The summed E-state index contributed by atoms with van der Waals surface area (Å²) in [6.45, 7) is 0.0273. The first-order valence-corrected chi connectivity index (χ1v) is 6.62. The van der Waals surface area contributed by atoms with Crippen LogP contribution in [-0.4, -0.2) is 9.97 Å². The standard InChI is InChI=1S/C16H9F3N4/c17-11-5-14(16(19)15(18)10(11)6-20)22-8-9-7-21-12-3-1-2-4-13(12)23-9/h1-5,7,22H,8H2. The Morgan fingerprint density at radius 1 is 1.09 bits per heavy atom. The van der Waals surface area contributed by atoms with Crippen LogP contribution in [0.2, 0.25) is 0 Å². The Morgan fingerprint density at radius 2 is 1.83 bits per heavy atom. The molecule has 0 aliphatic heterocycles. The first-order chi connectivity index (χ1) is 11.1. The highest BCUT2D eigenvalue weighted by atomic mass is 19.2. The molecule has 0 radical (unpaired) electrons. The summed E-state index contributed by atoms with van der Waals surface area (Å²) in [4.78, 5) is 8.50. The first kappa shape index (κ1) is 14.8. The molecule has 114 valence electrons. The molecular formula is C16H9F3N4. The van der Waals surface area contributed by atoms with E-state index < -0.39 is 23.0 Å². The van der Waals surface area contributed by atoms with Gasteiger partial charge in [0, 0.05) is 6.07 Å². The van der Waals surface area contributed by atoms with Gasteiger partial charge in [0.25, 0.3) is 0 Å². The molecule has 0 saturated heterocycles. The molecule has 2 aromatic carbocycles. The number of para-hydroxylation sites is 2. The lowest BCUT2D eigenvalue weighted by molar-refractivity contribution is 0.493. The summed E-state index contributed by atoms with van der Waals surface area (Å²) in [5.41, 5.74) is 0.517. The highest BCUT2D eigenvalue weighted by molar-refractivity contribution is 5.73. The molecule has 7 heteroatoms. The van der Waals surface area contributed by atoms with E-state index in [4.69, 9.17) is 5.26 Å². The molecule has 0 bridgehead atoms. The van der Waals surface area contributed by atoms with E-state index >= 15 is 0 Å². The second kappa shape index (κ2) is 5.93. The Morgan fingerprint density at radius 3 is 2.57 bits per heavy atom. The topological polar surface area (TPSA) is 61.6 Å². The molecule has 0 aliphatic rings. The third-order valence-electron chi connectivity index (χ3n) is 3.23. The van der Waals surface area contributed by atoms with Crippen LogP contribution >= 0.6 is 0 Å². The summed E-state index contributed by atoms with van der Waals surface area (Å²) in [6, 6.07) is 9.23. The number of hydrogen-bond acceptors (Lipinski definition) is 4. The molecule has 1 heterocycles. The molecule has 1 N–H and O–H groups in total. The van der Waals surface area contributed by atoms with Gasteiger partial charge in [0.05, 0.1) is 35.2 Å². The van der Waals surface area contributed by atoms with E-state index in [0.29, 0.717) is 16.7 Å². The Labute approximate surface area is 129 Å². The second-order valence-corrected chi connectivity index (χ2v) is 4.72. The number of halogens is 3. The lowest BCUT2D eigenvalue weighted by atomic mass is 10.2. The molecule has 0 unspecified atom stereocenters. The van der Waals surface area contributed by atoms with Gasteiger partial charge in [-0.05, 0) is 12.1 Å². The van der Waals surface area contributed by atoms with Crippen molar-refractivity contribution in [3.05, 3.63) is 65.2 Å². The SMILES string of the molecule is N#Cc1c(F)cc(NCc2cnc3ccccc3n2)c(F)c1F. The van der Waals surface area contributed by atoms with Crippen LogP contribution in [0, 0.1) is 28.8 Å². The quantitative estimate of drug-likeness (QED) is 0.751. The zero-order chi connectivity index (χ0) is 16.4. The Balaban J connectivity index is 1.86. The summed E-state index contributed by atoms with van der Waals surface area (Å²) < 4.78 is 40.9. The number of anilines is 1. The predicted octanol–water partition coefficient (Wildman–Crippen LogP) is 3.53. The minimum absolute atomic E-state index is 0.0273. The van der Waals surface area contributed by atoms with Crippen molar-refractivity contribution < 1.29 is 13.2 Å². The van der Waals surface area contributed by atoms with Gasteiger partial charge in [-0.2, -0.15) is 5.26 Å². The third kappa shape index (κ3) is 2.79. The summed E-state index contributed by atoms with van der Waals surface area (Å²) in [5, 5.41) is 11.1. The zero-order valence-electron chi connectivity index (χ0n) is 11.6. The van der Waals surface area contributed by atoms with Gasteiger partial charge in [0.15, 0.2) is 11.6 Å². The number of nitriles is 1. The average Bonchev–Trinajstić information content (AvgIpc) is 2.57. The fourth-order valence-corrected chi connectivity index (χ4v) is 2.09. The van der Waals surface area contributed by atoms with Gasteiger partial charge in [-0.3, -0.25) is 4.98 Å². The maximum absolute atomic E-state index is 13.8. The van der Waals surface area contributed by atoms with Crippen molar-refractivity contribution >= 4 is 16.7 Å². The van der Waals surface area contributed by atoms with Gasteiger partial charge >= 0.3 is 0 Å². The second-order valence-electron chi connectivity index (χ2n) is 4.72. The number of fused-ring (bicyclic) bond motifs is 1.